The minimum atomic E-state index is -1.06. The van der Waals surface area contributed by atoms with Crippen molar-refractivity contribution in [3.05, 3.63) is 22.4 Å². The summed E-state index contributed by atoms with van der Waals surface area (Å²) in [6.45, 7) is -1.06. The van der Waals surface area contributed by atoms with Gasteiger partial charge in [-0.25, -0.2) is 8.78 Å². The molecule has 0 heterocycles. The monoisotopic (exact) mass is 238 g/mol. The summed E-state index contributed by atoms with van der Waals surface area (Å²) in [5, 5.41) is 8.99. The van der Waals surface area contributed by atoms with Crippen LogP contribution < -0.4 is 4.74 Å². The molecule has 0 aliphatic carbocycles. The van der Waals surface area contributed by atoms with E-state index in [-0.39, 0.29) is 10.2 Å². The molecule has 1 N–H and O–H groups in total. The highest BCUT2D eigenvalue weighted by Gasteiger charge is 2.07. The number of phenols is 1. The quantitative estimate of drug-likeness (QED) is 0.859. The van der Waals surface area contributed by atoms with Gasteiger partial charge in [-0.05, 0) is 15.9 Å². The maximum atomic E-state index is 12.6. The van der Waals surface area contributed by atoms with Crippen molar-refractivity contribution in [2.45, 2.75) is 0 Å². The maximum Gasteiger partial charge on any atom is 0.228 e. The van der Waals surface area contributed by atoms with Gasteiger partial charge in [0.25, 0.3) is 0 Å². The van der Waals surface area contributed by atoms with Crippen molar-refractivity contribution in [3.63, 3.8) is 0 Å². The third-order valence-corrected chi connectivity index (χ3v) is 1.82. The van der Waals surface area contributed by atoms with E-state index in [1.54, 1.807) is 0 Å². The molecule has 0 spiro atoms. The number of phenolic OH excluding ortho intramolecular Hbond substituents is 1. The van der Waals surface area contributed by atoms with E-state index in [4.69, 9.17) is 5.11 Å². The molecule has 0 saturated heterocycles. The van der Waals surface area contributed by atoms with Crippen LogP contribution >= 0.6 is 15.9 Å². The largest absolute Gasteiger partial charge is 0.504 e. The second-order valence-corrected chi connectivity index (χ2v) is 2.84. The first-order chi connectivity index (χ1) is 5.65. The molecule has 0 aliphatic heterocycles. The number of aromatic hydroxyl groups is 1. The van der Waals surface area contributed by atoms with Crippen LogP contribution in [0, 0.1) is 5.82 Å². The molecule has 12 heavy (non-hydrogen) atoms. The summed E-state index contributed by atoms with van der Waals surface area (Å²) in [7, 11) is 0. The van der Waals surface area contributed by atoms with Gasteiger partial charge >= 0.3 is 0 Å². The van der Waals surface area contributed by atoms with Gasteiger partial charge in [-0.15, -0.1) is 0 Å². The Morgan fingerprint density at radius 1 is 1.50 bits per heavy atom. The van der Waals surface area contributed by atoms with Gasteiger partial charge in [0, 0.05) is 12.1 Å². The van der Waals surface area contributed by atoms with Crippen LogP contribution in [0.2, 0.25) is 0 Å². The SMILES string of the molecule is Oc1cc(F)c(Br)cc1OCF. The smallest absolute Gasteiger partial charge is 0.228 e. The van der Waals surface area contributed by atoms with Gasteiger partial charge in [-0.1, -0.05) is 0 Å². The molecule has 5 heteroatoms. The predicted molar refractivity (Wildman–Crippen MR) is 42.4 cm³/mol. The van der Waals surface area contributed by atoms with Gasteiger partial charge in [-0.3, -0.25) is 0 Å². The Morgan fingerprint density at radius 2 is 2.17 bits per heavy atom. The molecule has 0 fully saturated rings. The van der Waals surface area contributed by atoms with Crippen LogP contribution in [0.5, 0.6) is 11.5 Å². The minimum absolute atomic E-state index is 0.0919. The predicted octanol–water partition coefficient (Wildman–Crippen LogP) is 2.60. The summed E-state index contributed by atoms with van der Waals surface area (Å²) in [4.78, 5) is 0. The van der Waals surface area contributed by atoms with Crippen LogP contribution in [-0.4, -0.2) is 12.0 Å². The van der Waals surface area contributed by atoms with Gasteiger partial charge < -0.3 is 9.84 Å². The number of alkyl halides is 1. The van der Waals surface area contributed by atoms with Crippen molar-refractivity contribution >= 4 is 15.9 Å². The first kappa shape index (κ1) is 9.25. The summed E-state index contributed by atoms with van der Waals surface area (Å²) in [6.07, 6.45) is 0. The van der Waals surface area contributed by atoms with Gasteiger partial charge in [0.05, 0.1) is 4.47 Å². The van der Waals surface area contributed by atoms with Crippen molar-refractivity contribution in [3.8, 4) is 11.5 Å². The molecule has 0 aromatic heterocycles. The molecule has 0 bridgehead atoms. The Kier molecular flexibility index (Phi) is 2.86. The van der Waals surface area contributed by atoms with Crippen molar-refractivity contribution in [1.29, 1.82) is 0 Å². The highest BCUT2D eigenvalue weighted by Crippen LogP contribution is 2.31. The molecule has 0 atom stereocenters. The van der Waals surface area contributed by atoms with E-state index in [0.29, 0.717) is 0 Å². The summed E-state index contributed by atoms with van der Waals surface area (Å²) < 4.78 is 28.8. The van der Waals surface area contributed by atoms with Gasteiger partial charge in [-0.2, -0.15) is 0 Å². The van der Waals surface area contributed by atoms with Crippen molar-refractivity contribution < 1.29 is 18.6 Å². The van der Waals surface area contributed by atoms with E-state index >= 15 is 0 Å². The Morgan fingerprint density at radius 3 is 2.75 bits per heavy atom. The third-order valence-electron chi connectivity index (χ3n) is 1.21. The molecule has 0 aliphatic rings. The van der Waals surface area contributed by atoms with Gasteiger partial charge in [0.1, 0.15) is 5.82 Å². The molecule has 0 saturated carbocycles. The van der Waals surface area contributed by atoms with E-state index in [1.807, 2.05) is 0 Å². The fraction of sp³-hybridized carbons (Fsp3) is 0.143. The molecule has 0 unspecified atom stereocenters. The molecule has 1 rings (SSSR count). The molecule has 66 valence electrons. The molecule has 0 amide bonds. The number of rotatable bonds is 2. The first-order valence-electron chi connectivity index (χ1n) is 3.02. The molecular formula is C7H5BrF2O2. The fourth-order valence-electron chi connectivity index (χ4n) is 0.692. The number of hydrogen-bond acceptors (Lipinski definition) is 2. The van der Waals surface area contributed by atoms with E-state index in [0.717, 1.165) is 12.1 Å². The Labute approximate surface area is 75.9 Å². The third kappa shape index (κ3) is 1.85. The molecule has 0 radical (unpaired) electrons. The van der Waals surface area contributed by atoms with Crippen molar-refractivity contribution in [2.24, 2.45) is 0 Å². The second-order valence-electron chi connectivity index (χ2n) is 1.99. The molecule has 1 aromatic carbocycles. The number of benzene rings is 1. The van der Waals surface area contributed by atoms with Crippen LogP contribution in [0.1, 0.15) is 0 Å². The normalized spacial score (nSPS) is 9.92. The molecule has 1 aromatic rings. The molecular weight excluding hydrogens is 234 g/mol. The highest BCUT2D eigenvalue weighted by molar-refractivity contribution is 9.10. The average molecular weight is 239 g/mol. The second kappa shape index (κ2) is 3.71. The Bertz CT molecular complexity index is 291. The lowest BCUT2D eigenvalue weighted by atomic mass is 10.3. The average Bonchev–Trinajstić information content (AvgIpc) is 2.01. The Balaban J connectivity index is 3.05. The standard InChI is InChI=1S/C7H5BrF2O2/c8-4-1-7(12-3-9)6(11)2-5(4)10/h1-2,11H,3H2. The minimum Gasteiger partial charge on any atom is -0.504 e. The maximum absolute atomic E-state index is 12.6. The van der Waals surface area contributed by atoms with E-state index in [1.165, 1.54) is 0 Å². The Hall–Kier alpha value is -0.840. The van der Waals surface area contributed by atoms with Crippen LogP contribution in [0.25, 0.3) is 0 Å². The van der Waals surface area contributed by atoms with Crippen molar-refractivity contribution in [1.82, 2.24) is 0 Å². The lowest BCUT2D eigenvalue weighted by Gasteiger charge is -2.04. The van der Waals surface area contributed by atoms with E-state index < -0.39 is 18.4 Å². The zero-order valence-corrected chi connectivity index (χ0v) is 7.44. The highest BCUT2D eigenvalue weighted by atomic mass is 79.9. The number of hydrogen-bond donors (Lipinski definition) is 1. The fourth-order valence-corrected chi connectivity index (χ4v) is 1.01. The number of ether oxygens (including phenoxy) is 1. The van der Waals surface area contributed by atoms with Crippen LogP contribution in [0.3, 0.4) is 0 Å². The van der Waals surface area contributed by atoms with E-state index in [9.17, 15) is 8.78 Å². The van der Waals surface area contributed by atoms with Crippen LogP contribution in [-0.2, 0) is 0 Å². The topological polar surface area (TPSA) is 29.5 Å². The lowest BCUT2D eigenvalue weighted by molar-refractivity contribution is 0.185. The summed E-state index contributed by atoms with van der Waals surface area (Å²) in [5.74, 6) is -1.14. The van der Waals surface area contributed by atoms with Crippen molar-refractivity contribution in [2.75, 3.05) is 6.86 Å². The summed E-state index contributed by atoms with van der Waals surface area (Å²) >= 11 is 2.86. The van der Waals surface area contributed by atoms with Crippen LogP contribution in [0.15, 0.2) is 16.6 Å². The first-order valence-corrected chi connectivity index (χ1v) is 3.81. The zero-order chi connectivity index (χ0) is 9.14. The zero-order valence-electron chi connectivity index (χ0n) is 5.85. The lowest BCUT2D eigenvalue weighted by Crippen LogP contribution is -1.91. The summed E-state index contributed by atoms with van der Waals surface area (Å²) in [6, 6.07) is 2.00. The van der Waals surface area contributed by atoms with Gasteiger partial charge in [0.2, 0.25) is 6.86 Å². The van der Waals surface area contributed by atoms with Crippen LogP contribution in [0.4, 0.5) is 8.78 Å². The summed E-state index contributed by atoms with van der Waals surface area (Å²) in [5.41, 5.74) is 0. The van der Waals surface area contributed by atoms with Gasteiger partial charge in [0.15, 0.2) is 11.5 Å². The van der Waals surface area contributed by atoms with E-state index in [2.05, 4.69) is 20.7 Å². The molecule has 2 nitrogen and oxygen atoms in total. The number of halogens is 3.